The number of carboxylic acids is 1. The number of aliphatic carboxylic acids is 1. The van der Waals surface area contributed by atoms with Crippen LogP contribution in [0.5, 0.6) is 0 Å². The molecule has 6 N–H and O–H groups in total. The summed E-state index contributed by atoms with van der Waals surface area (Å²) < 4.78 is 0. The van der Waals surface area contributed by atoms with Gasteiger partial charge in [-0.05, 0) is 38.6 Å². The molecule has 0 bridgehead atoms. The monoisotopic (exact) mass is 257 g/mol. The number of hydrogen-bond donors (Lipinski definition) is 4. The molecule has 1 fully saturated rings. The van der Waals surface area contributed by atoms with E-state index in [-0.39, 0.29) is 5.91 Å². The third-order valence-corrected chi connectivity index (χ3v) is 3.50. The molecule has 1 aliphatic rings. The van der Waals surface area contributed by atoms with Crippen LogP contribution in [-0.4, -0.2) is 35.1 Å². The predicted octanol–water partition coefficient (Wildman–Crippen LogP) is -0.0437. The van der Waals surface area contributed by atoms with Gasteiger partial charge in [0.05, 0.1) is 5.54 Å². The third kappa shape index (κ3) is 3.96. The van der Waals surface area contributed by atoms with E-state index in [9.17, 15) is 9.59 Å². The van der Waals surface area contributed by atoms with E-state index in [1.165, 1.54) is 0 Å². The number of unbranched alkanes of at least 4 members (excludes halogenated alkanes) is 1. The molecule has 0 aromatic carbocycles. The van der Waals surface area contributed by atoms with Gasteiger partial charge in [0, 0.05) is 0 Å². The van der Waals surface area contributed by atoms with Crippen LogP contribution in [0.2, 0.25) is 0 Å². The number of carbonyl (C=O) groups is 2. The molecular formula is C12H23N3O3. The molecule has 0 saturated heterocycles. The fourth-order valence-electron chi connectivity index (χ4n) is 2.29. The van der Waals surface area contributed by atoms with Gasteiger partial charge in [0.25, 0.3) is 0 Å². The first-order chi connectivity index (χ1) is 8.49. The van der Waals surface area contributed by atoms with Crippen LogP contribution < -0.4 is 16.8 Å². The van der Waals surface area contributed by atoms with Crippen molar-refractivity contribution < 1.29 is 14.7 Å². The smallest absolute Gasteiger partial charge is 0.326 e. The molecule has 0 unspecified atom stereocenters. The van der Waals surface area contributed by atoms with Crippen LogP contribution in [0, 0.1) is 0 Å². The number of carboxylic acid groups (broad SMARTS) is 1. The van der Waals surface area contributed by atoms with Crippen LogP contribution in [0.15, 0.2) is 0 Å². The summed E-state index contributed by atoms with van der Waals surface area (Å²) in [5, 5.41) is 11.6. The first-order valence-electron chi connectivity index (χ1n) is 6.52. The van der Waals surface area contributed by atoms with Crippen molar-refractivity contribution in [3.63, 3.8) is 0 Å². The zero-order valence-electron chi connectivity index (χ0n) is 10.7. The van der Waals surface area contributed by atoms with Crippen molar-refractivity contribution in [2.75, 3.05) is 6.54 Å². The van der Waals surface area contributed by atoms with Gasteiger partial charge in [-0.25, -0.2) is 4.79 Å². The Balaban J connectivity index is 2.49. The van der Waals surface area contributed by atoms with E-state index < -0.39 is 17.6 Å². The predicted molar refractivity (Wildman–Crippen MR) is 67.9 cm³/mol. The summed E-state index contributed by atoms with van der Waals surface area (Å²) in [6, 6.07) is -0.856. The molecule has 1 saturated carbocycles. The Bertz CT molecular complexity index is 301. The van der Waals surface area contributed by atoms with Crippen molar-refractivity contribution in [3.05, 3.63) is 0 Å². The zero-order valence-corrected chi connectivity index (χ0v) is 10.7. The van der Waals surface area contributed by atoms with Gasteiger partial charge >= 0.3 is 5.97 Å². The highest BCUT2D eigenvalue weighted by Gasteiger charge is 2.38. The van der Waals surface area contributed by atoms with Crippen molar-refractivity contribution in [3.8, 4) is 0 Å². The number of hydrogen-bond acceptors (Lipinski definition) is 4. The third-order valence-electron chi connectivity index (χ3n) is 3.50. The summed E-state index contributed by atoms with van der Waals surface area (Å²) in [5.74, 6) is -1.35. The summed E-state index contributed by atoms with van der Waals surface area (Å²) in [6.07, 6.45) is 4.96. The Morgan fingerprint density at radius 3 is 2.39 bits per heavy atom. The molecule has 18 heavy (non-hydrogen) atoms. The van der Waals surface area contributed by atoms with Crippen LogP contribution in [-0.2, 0) is 9.59 Å². The topological polar surface area (TPSA) is 118 Å². The van der Waals surface area contributed by atoms with Gasteiger partial charge in [-0.2, -0.15) is 0 Å². The highest BCUT2D eigenvalue weighted by molar-refractivity contribution is 5.90. The molecule has 1 aliphatic carbocycles. The molecule has 0 radical (unpaired) electrons. The number of carbonyl (C=O) groups excluding carboxylic acids is 1. The molecule has 6 heteroatoms. The minimum atomic E-state index is -1.01. The Hall–Kier alpha value is -1.14. The minimum Gasteiger partial charge on any atom is -0.480 e. The maximum Gasteiger partial charge on any atom is 0.326 e. The molecule has 1 amide bonds. The molecule has 0 aromatic rings. The largest absolute Gasteiger partial charge is 0.480 e. The van der Waals surface area contributed by atoms with E-state index >= 15 is 0 Å². The molecule has 0 aromatic heterocycles. The molecular weight excluding hydrogens is 234 g/mol. The highest BCUT2D eigenvalue weighted by atomic mass is 16.4. The van der Waals surface area contributed by atoms with E-state index in [4.69, 9.17) is 16.6 Å². The Morgan fingerprint density at radius 1 is 1.28 bits per heavy atom. The molecule has 0 heterocycles. The van der Waals surface area contributed by atoms with Gasteiger partial charge in [-0.1, -0.05) is 12.8 Å². The Kier molecular flexibility index (Phi) is 5.55. The molecule has 1 rings (SSSR count). The zero-order chi connectivity index (χ0) is 13.6. The normalized spacial score (nSPS) is 19.4. The van der Waals surface area contributed by atoms with Gasteiger partial charge in [-0.3, -0.25) is 4.79 Å². The molecule has 6 nitrogen and oxygen atoms in total. The minimum absolute atomic E-state index is 0.333. The van der Waals surface area contributed by atoms with E-state index in [1.54, 1.807) is 0 Å². The Labute approximate surface area is 107 Å². The van der Waals surface area contributed by atoms with Crippen molar-refractivity contribution in [1.29, 1.82) is 0 Å². The molecule has 1 atom stereocenters. The molecule has 0 aliphatic heterocycles. The van der Waals surface area contributed by atoms with Gasteiger partial charge in [0.15, 0.2) is 0 Å². The van der Waals surface area contributed by atoms with E-state index in [0.29, 0.717) is 32.2 Å². The summed E-state index contributed by atoms with van der Waals surface area (Å²) in [7, 11) is 0. The standard InChI is InChI=1S/C12H23N3O3/c13-8-4-1-5-9(10(16)17)15-11(18)12(14)6-2-3-7-12/h9H,1-8,13-14H2,(H,15,18)(H,16,17)/t9-/m0/s1. The number of rotatable bonds is 7. The number of nitrogens with one attached hydrogen (secondary N) is 1. The van der Waals surface area contributed by atoms with Gasteiger partial charge in [0.2, 0.25) is 5.91 Å². The van der Waals surface area contributed by atoms with Crippen molar-refractivity contribution in [2.24, 2.45) is 11.5 Å². The second-order valence-electron chi connectivity index (χ2n) is 5.01. The van der Waals surface area contributed by atoms with Gasteiger partial charge < -0.3 is 21.9 Å². The maximum absolute atomic E-state index is 12.0. The van der Waals surface area contributed by atoms with Crippen LogP contribution >= 0.6 is 0 Å². The lowest BCUT2D eigenvalue weighted by molar-refractivity contribution is -0.142. The number of amides is 1. The first kappa shape index (κ1) is 14.9. The lowest BCUT2D eigenvalue weighted by Gasteiger charge is -2.25. The van der Waals surface area contributed by atoms with Crippen LogP contribution in [0.3, 0.4) is 0 Å². The van der Waals surface area contributed by atoms with E-state index in [0.717, 1.165) is 19.3 Å². The van der Waals surface area contributed by atoms with Crippen LogP contribution in [0.1, 0.15) is 44.9 Å². The second kappa shape index (κ2) is 6.70. The van der Waals surface area contributed by atoms with Crippen LogP contribution in [0.25, 0.3) is 0 Å². The van der Waals surface area contributed by atoms with E-state index in [2.05, 4.69) is 5.32 Å². The fourth-order valence-corrected chi connectivity index (χ4v) is 2.29. The summed E-state index contributed by atoms with van der Waals surface area (Å²) in [4.78, 5) is 23.1. The van der Waals surface area contributed by atoms with Crippen molar-refractivity contribution >= 4 is 11.9 Å². The average Bonchev–Trinajstić information content (AvgIpc) is 2.76. The highest BCUT2D eigenvalue weighted by Crippen LogP contribution is 2.27. The lowest BCUT2D eigenvalue weighted by atomic mass is 9.97. The van der Waals surface area contributed by atoms with E-state index in [1.807, 2.05) is 0 Å². The SMILES string of the molecule is NCCCC[C@H](NC(=O)C1(N)CCCC1)C(=O)O. The quantitative estimate of drug-likeness (QED) is 0.477. The lowest BCUT2D eigenvalue weighted by Crippen LogP contribution is -2.56. The summed E-state index contributed by atoms with van der Waals surface area (Å²) >= 11 is 0. The second-order valence-corrected chi connectivity index (χ2v) is 5.01. The van der Waals surface area contributed by atoms with Crippen molar-refractivity contribution in [1.82, 2.24) is 5.32 Å². The maximum atomic E-state index is 12.0. The van der Waals surface area contributed by atoms with Crippen LogP contribution in [0.4, 0.5) is 0 Å². The number of nitrogens with two attached hydrogens (primary N) is 2. The van der Waals surface area contributed by atoms with Gasteiger partial charge in [0.1, 0.15) is 6.04 Å². The fraction of sp³-hybridized carbons (Fsp3) is 0.833. The molecule has 104 valence electrons. The Morgan fingerprint density at radius 2 is 1.89 bits per heavy atom. The van der Waals surface area contributed by atoms with Gasteiger partial charge in [-0.15, -0.1) is 0 Å². The molecule has 0 spiro atoms. The average molecular weight is 257 g/mol. The first-order valence-corrected chi connectivity index (χ1v) is 6.52. The van der Waals surface area contributed by atoms with Crippen molar-refractivity contribution in [2.45, 2.75) is 56.5 Å². The summed E-state index contributed by atoms with van der Waals surface area (Å²) in [6.45, 7) is 0.529. The summed E-state index contributed by atoms with van der Waals surface area (Å²) in [5.41, 5.74) is 10.5.